The predicted molar refractivity (Wildman–Crippen MR) is 77.1 cm³/mol. The lowest BCUT2D eigenvalue weighted by Gasteiger charge is -2.22. The van der Waals surface area contributed by atoms with Crippen molar-refractivity contribution in [1.82, 2.24) is 4.98 Å². The number of nitrogens with zero attached hydrogens (tertiary/aromatic N) is 2. The van der Waals surface area contributed by atoms with Crippen molar-refractivity contribution >= 4 is 11.5 Å². The molecule has 0 bridgehead atoms. The van der Waals surface area contributed by atoms with Gasteiger partial charge in [-0.15, -0.1) is 0 Å². The van der Waals surface area contributed by atoms with Crippen molar-refractivity contribution < 1.29 is 0 Å². The quantitative estimate of drug-likeness (QED) is 0.891. The smallest absolute Gasteiger partial charge is 0.130 e. The zero-order valence-electron chi connectivity index (χ0n) is 11.1. The third kappa shape index (κ3) is 2.62. The van der Waals surface area contributed by atoms with E-state index in [9.17, 15) is 0 Å². The SMILES string of the molecule is CNc1ncccc1CN(C)c1ccccc1C. The number of para-hydroxylation sites is 1. The van der Waals surface area contributed by atoms with Gasteiger partial charge in [-0.1, -0.05) is 24.3 Å². The molecule has 0 spiro atoms. The van der Waals surface area contributed by atoms with Gasteiger partial charge in [0.25, 0.3) is 0 Å². The normalized spacial score (nSPS) is 10.2. The van der Waals surface area contributed by atoms with Crippen LogP contribution < -0.4 is 10.2 Å². The lowest BCUT2D eigenvalue weighted by Crippen LogP contribution is -2.18. The van der Waals surface area contributed by atoms with Gasteiger partial charge in [0.1, 0.15) is 5.82 Å². The largest absolute Gasteiger partial charge is 0.373 e. The molecular weight excluding hydrogens is 222 g/mol. The monoisotopic (exact) mass is 241 g/mol. The minimum absolute atomic E-state index is 0.842. The number of hydrogen-bond acceptors (Lipinski definition) is 3. The van der Waals surface area contributed by atoms with E-state index in [0.29, 0.717) is 0 Å². The predicted octanol–water partition coefficient (Wildman–Crippen LogP) is 3.07. The van der Waals surface area contributed by atoms with Crippen LogP contribution in [-0.4, -0.2) is 19.1 Å². The van der Waals surface area contributed by atoms with Crippen LogP contribution in [0.15, 0.2) is 42.6 Å². The molecule has 0 saturated heterocycles. The van der Waals surface area contributed by atoms with Gasteiger partial charge in [-0.05, 0) is 24.6 Å². The Labute approximate surface area is 108 Å². The first-order chi connectivity index (χ1) is 8.72. The van der Waals surface area contributed by atoms with E-state index in [2.05, 4.69) is 59.5 Å². The van der Waals surface area contributed by atoms with E-state index in [-0.39, 0.29) is 0 Å². The Balaban J connectivity index is 2.21. The van der Waals surface area contributed by atoms with Crippen molar-refractivity contribution in [3.8, 4) is 0 Å². The van der Waals surface area contributed by atoms with E-state index in [1.54, 1.807) is 0 Å². The lowest BCUT2D eigenvalue weighted by atomic mass is 10.1. The van der Waals surface area contributed by atoms with Gasteiger partial charge < -0.3 is 10.2 Å². The molecule has 1 aromatic carbocycles. The van der Waals surface area contributed by atoms with E-state index in [4.69, 9.17) is 0 Å². The van der Waals surface area contributed by atoms with E-state index in [1.165, 1.54) is 16.8 Å². The fraction of sp³-hybridized carbons (Fsp3) is 0.267. The van der Waals surface area contributed by atoms with E-state index in [0.717, 1.165) is 12.4 Å². The summed E-state index contributed by atoms with van der Waals surface area (Å²) in [6.45, 7) is 2.98. The second kappa shape index (κ2) is 5.54. The van der Waals surface area contributed by atoms with Gasteiger partial charge in [0.2, 0.25) is 0 Å². The summed E-state index contributed by atoms with van der Waals surface area (Å²) >= 11 is 0. The van der Waals surface area contributed by atoms with Crippen LogP contribution in [0.25, 0.3) is 0 Å². The summed E-state index contributed by atoms with van der Waals surface area (Å²) in [4.78, 5) is 6.57. The van der Waals surface area contributed by atoms with Crippen LogP contribution in [0, 0.1) is 6.92 Å². The Morgan fingerprint density at radius 2 is 1.94 bits per heavy atom. The number of aromatic nitrogens is 1. The molecular formula is C15H19N3. The second-order valence-electron chi connectivity index (χ2n) is 4.40. The maximum Gasteiger partial charge on any atom is 0.130 e. The standard InChI is InChI=1S/C15H19N3/c1-12-7-4-5-9-14(12)18(3)11-13-8-6-10-17-15(13)16-2/h4-10H,11H2,1-3H3,(H,16,17). The zero-order chi connectivity index (χ0) is 13.0. The summed E-state index contributed by atoms with van der Waals surface area (Å²) in [5.41, 5.74) is 3.74. The summed E-state index contributed by atoms with van der Waals surface area (Å²) in [6.07, 6.45) is 1.81. The third-order valence-corrected chi connectivity index (χ3v) is 3.06. The lowest BCUT2D eigenvalue weighted by molar-refractivity contribution is 0.911. The van der Waals surface area contributed by atoms with Crippen molar-refractivity contribution in [3.63, 3.8) is 0 Å². The molecule has 0 atom stereocenters. The van der Waals surface area contributed by atoms with Crippen molar-refractivity contribution in [1.29, 1.82) is 0 Å². The van der Waals surface area contributed by atoms with Crippen LogP contribution in [-0.2, 0) is 6.54 Å². The minimum atomic E-state index is 0.842. The summed E-state index contributed by atoms with van der Waals surface area (Å²) in [5.74, 6) is 0.943. The van der Waals surface area contributed by atoms with Crippen LogP contribution in [0.2, 0.25) is 0 Å². The first-order valence-electron chi connectivity index (χ1n) is 6.11. The first-order valence-corrected chi connectivity index (χ1v) is 6.11. The number of benzene rings is 1. The number of nitrogens with one attached hydrogen (secondary N) is 1. The average molecular weight is 241 g/mol. The van der Waals surface area contributed by atoms with E-state index >= 15 is 0 Å². The molecule has 0 saturated carbocycles. The highest BCUT2D eigenvalue weighted by Gasteiger charge is 2.07. The molecule has 3 heteroatoms. The molecule has 94 valence electrons. The summed E-state index contributed by atoms with van der Waals surface area (Å²) in [7, 11) is 4.01. The molecule has 0 aliphatic rings. The highest BCUT2D eigenvalue weighted by molar-refractivity contribution is 5.54. The van der Waals surface area contributed by atoms with Crippen molar-refractivity contribution in [3.05, 3.63) is 53.7 Å². The molecule has 2 rings (SSSR count). The fourth-order valence-electron chi connectivity index (χ4n) is 2.12. The third-order valence-electron chi connectivity index (χ3n) is 3.06. The number of pyridine rings is 1. The fourth-order valence-corrected chi connectivity index (χ4v) is 2.12. The Bertz CT molecular complexity index is 523. The molecule has 0 aliphatic carbocycles. The van der Waals surface area contributed by atoms with Gasteiger partial charge in [0, 0.05) is 38.1 Å². The summed E-state index contributed by atoms with van der Waals surface area (Å²) < 4.78 is 0. The van der Waals surface area contributed by atoms with E-state index < -0.39 is 0 Å². The number of anilines is 2. The molecule has 18 heavy (non-hydrogen) atoms. The van der Waals surface area contributed by atoms with Gasteiger partial charge in [-0.3, -0.25) is 0 Å². The molecule has 1 aromatic heterocycles. The highest BCUT2D eigenvalue weighted by atomic mass is 15.1. The van der Waals surface area contributed by atoms with Crippen LogP contribution in [0.1, 0.15) is 11.1 Å². The second-order valence-corrected chi connectivity index (χ2v) is 4.40. The molecule has 0 unspecified atom stereocenters. The van der Waals surface area contributed by atoms with Gasteiger partial charge in [-0.25, -0.2) is 4.98 Å². The zero-order valence-corrected chi connectivity index (χ0v) is 11.1. The van der Waals surface area contributed by atoms with Gasteiger partial charge >= 0.3 is 0 Å². The highest BCUT2D eigenvalue weighted by Crippen LogP contribution is 2.21. The molecule has 0 aliphatic heterocycles. The maximum atomic E-state index is 4.33. The van der Waals surface area contributed by atoms with Crippen molar-refractivity contribution in [2.75, 3.05) is 24.3 Å². The Kier molecular flexibility index (Phi) is 3.82. The molecule has 0 fully saturated rings. The Morgan fingerprint density at radius 3 is 2.67 bits per heavy atom. The molecule has 1 heterocycles. The maximum absolute atomic E-state index is 4.33. The van der Waals surface area contributed by atoms with Gasteiger partial charge in [0.05, 0.1) is 0 Å². The van der Waals surface area contributed by atoms with Crippen LogP contribution >= 0.6 is 0 Å². The first kappa shape index (κ1) is 12.4. The Hall–Kier alpha value is -2.03. The van der Waals surface area contributed by atoms with Crippen LogP contribution in [0.4, 0.5) is 11.5 Å². The topological polar surface area (TPSA) is 28.2 Å². The van der Waals surface area contributed by atoms with Crippen LogP contribution in [0.5, 0.6) is 0 Å². The molecule has 1 N–H and O–H groups in total. The number of rotatable bonds is 4. The molecule has 0 radical (unpaired) electrons. The van der Waals surface area contributed by atoms with E-state index in [1.807, 2.05) is 19.3 Å². The van der Waals surface area contributed by atoms with Gasteiger partial charge in [0.15, 0.2) is 0 Å². The molecule has 3 nitrogen and oxygen atoms in total. The average Bonchev–Trinajstić information content (AvgIpc) is 2.39. The molecule has 2 aromatic rings. The minimum Gasteiger partial charge on any atom is -0.373 e. The van der Waals surface area contributed by atoms with Crippen molar-refractivity contribution in [2.45, 2.75) is 13.5 Å². The summed E-state index contributed by atoms with van der Waals surface area (Å²) in [5, 5.41) is 3.13. The van der Waals surface area contributed by atoms with Crippen LogP contribution in [0.3, 0.4) is 0 Å². The number of aryl methyl sites for hydroxylation is 1. The summed E-state index contributed by atoms with van der Waals surface area (Å²) in [6, 6.07) is 12.5. The van der Waals surface area contributed by atoms with Gasteiger partial charge in [-0.2, -0.15) is 0 Å². The van der Waals surface area contributed by atoms with Crippen molar-refractivity contribution in [2.24, 2.45) is 0 Å². The number of hydrogen-bond donors (Lipinski definition) is 1. The molecule has 0 amide bonds. The Morgan fingerprint density at radius 1 is 1.17 bits per heavy atom.